The van der Waals surface area contributed by atoms with E-state index < -0.39 is 9.85 Å². The average Bonchev–Trinajstić information content (AvgIpc) is 3.74. The van der Waals surface area contributed by atoms with Crippen molar-refractivity contribution in [1.82, 2.24) is 19.6 Å². The fraction of sp³-hybridized carbons (Fsp3) is 0.0435. The third-order valence-electron chi connectivity index (χ3n) is 9.60. The number of aromatic nitrogens is 4. The number of hydrogen-bond acceptors (Lipinski definition) is 12. The summed E-state index contributed by atoms with van der Waals surface area (Å²) in [6.07, 6.45) is 2.85. The number of aromatic hydroxyl groups is 4. The minimum atomic E-state index is -0.464. The number of aryl methyl sites for hydroxylation is 2. The molecule has 8 rings (SSSR count). The predicted octanol–water partition coefficient (Wildman–Crippen LogP) is 9.83. The first-order chi connectivity index (χ1) is 29.9. The first kappa shape index (κ1) is 44.2. The van der Waals surface area contributed by atoms with E-state index in [0.717, 1.165) is 0 Å². The van der Waals surface area contributed by atoms with Crippen molar-refractivity contribution in [2.75, 3.05) is 0 Å². The summed E-state index contributed by atoms with van der Waals surface area (Å²) in [6, 6.07) is 40.3. The Morgan fingerprint density at radius 2 is 0.873 bits per heavy atom. The van der Waals surface area contributed by atoms with E-state index in [-0.39, 0.29) is 63.4 Å². The normalized spacial score (nSPS) is 11.0. The van der Waals surface area contributed by atoms with E-state index in [0.29, 0.717) is 56.1 Å². The fourth-order valence-corrected chi connectivity index (χ4v) is 6.48. The number of nitro benzene ring substituents is 2. The second-order valence-corrected chi connectivity index (χ2v) is 13.6. The van der Waals surface area contributed by atoms with Crippen molar-refractivity contribution in [1.29, 1.82) is 0 Å². The molecule has 0 atom stereocenters. The van der Waals surface area contributed by atoms with Gasteiger partial charge in [-0.15, -0.1) is 0 Å². The Bertz CT molecular complexity index is 2800. The van der Waals surface area contributed by atoms with Gasteiger partial charge >= 0.3 is 0 Å². The number of nitro groups is 2. The fourth-order valence-electron chi connectivity index (χ4n) is 6.48. The third-order valence-corrected chi connectivity index (χ3v) is 9.60. The van der Waals surface area contributed by atoms with Crippen LogP contribution in [0.2, 0.25) is 0 Å². The average molecular weight is 881 g/mol. The van der Waals surface area contributed by atoms with Gasteiger partial charge in [-0.3, -0.25) is 30.2 Å². The number of phenols is 2. The molecule has 63 heavy (non-hydrogen) atoms. The van der Waals surface area contributed by atoms with Gasteiger partial charge in [-0.1, -0.05) is 72.8 Å². The van der Waals surface area contributed by atoms with Crippen LogP contribution in [-0.4, -0.2) is 62.3 Å². The maximum atomic E-state index is 11.3. The molecular weight excluding hydrogens is 845 g/mol. The molecule has 0 saturated carbocycles. The summed E-state index contributed by atoms with van der Waals surface area (Å²) in [4.78, 5) is 30.1. The summed E-state index contributed by atoms with van der Waals surface area (Å²) in [5, 5.41) is 73.2. The van der Waals surface area contributed by atoms with Gasteiger partial charge in [0, 0.05) is 41.9 Å². The van der Waals surface area contributed by atoms with Gasteiger partial charge in [0.2, 0.25) is 11.8 Å². The van der Waals surface area contributed by atoms with E-state index in [1.807, 2.05) is 60.7 Å². The largest absolute Gasteiger partial charge is 0.506 e. The Morgan fingerprint density at radius 1 is 0.524 bits per heavy atom. The molecule has 8 aromatic rings. The van der Waals surface area contributed by atoms with Crippen LogP contribution >= 0.6 is 0 Å². The SMILES string of the molecule is Cc1nn(-c2ccccc2)c(O)c1C=Nc1ccc(-c2ccccc2[N+](=O)[O-])cc1O.Cc1nn(-c2ccccc2)c(O)c1C=Nc1ccc(-c2ccccc2[N+](=O)[O-])cc1O.[Cr]. The number of para-hydroxylation sites is 4. The summed E-state index contributed by atoms with van der Waals surface area (Å²) in [7, 11) is 0. The molecule has 4 N–H and O–H groups in total. The Kier molecular flexibility index (Phi) is 13.6. The Labute approximate surface area is 370 Å². The van der Waals surface area contributed by atoms with Crippen LogP contribution in [0.15, 0.2) is 156 Å². The molecule has 0 saturated heterocycles. The number of aliphatic imine (C=N–C) groups is 2. The molecule has 0 aliphatic carbocycles. The van der Waals surface area contributed by atoms with Crippen LogP contribution in [0.1, 0.15) is 22.5 Å². The van der Waals surface area contributed by atoms with Crippen LogP contribution < -0.4 is 0 Å². The molecule has 0 radical (unpaired) electrons. The molecule has 0 bridgehead atoms. The molecule has 0 aliphatic heterocycles. The summed E-state index contributed by atoms with van der Waals surface area (Å²) >= 11 is 0. The molecule has 0 aliphatic rings. The topological polar surface area (TPSA) is 228 Å². The molecule has 0 fully saturated rings. The zero-order valence-electron chi connectivity index (χ0n) is 33.4. The van der Waals surface area contributed by atoms with Gasteiger partial charge in [-0.05, 0) is 85.6 Å². The molecule has 0 unspecified atom stereocenters. The molecule has 0 spiro atoms. The Hall–Kier alpha value is -8.39. The standard InChI is InChI=1S/2C23H18N4O4.Cr/c2*1-15-19(23(29)26(25-15)17-7-3-2-4-8-17)14-24-20-12-11-16(13-22(20)28)18-9-5-6-10-21(18)27(30)31;/h2*2-14,28-29H,1H3;. The first-order valence-corrected chi connectivity index (χ1v) is 18.8. The molecule has 2 heterocycles. The van der Waals surface area contributed by atoms with E-state index in [9.17, 15) is 40.7 Å². The summed E-state index contributed by atoms with van der Waals surface area (Å²) in [5.74, 6) is -0.411. The first-order valence-electron chi connectivity index (χ1n) is 18.8. The molecule has 6 aromatic carbocycles. The van der Waals surface area contributed by atoms with Crippen molar-refractivity contribution in [3.63, 3.8) is 0 Å². The minimum Gasteiger partial charge on any atom is -0.506 e. The van der Waals surface area contributed by atoms with Crippen LogP contribution in [0.5, 0.6) is 23.3 Å². The van der Waals surface area contributed by atoms with Crippen molar-refractivity contribution in [2.45, 2.75) is 13.8 Å². The van der Waals surface area contributed by atoms with Crippen molar-refractivity contribution >= 4 is 35.2 Å². The van der Waals surface area contributed by atoms with E-state index in [1.165, 1.54) is 46.1 Å². The molecule has 16 nitrogen and oxygen atoms in total. The number of rotatable bonds is 10. The molecule has 0 amide bonds. The van der Waals surface area contributed by atoms with Crippen LogP contribution in [0, 0.1) is 34.1 Å². The zero-order chi connectivity index (χ0) is 43.9. The van der Waals surface area contributed by atoms with Gasteiger partial charge in [0.05, 0.1) is 54.9 Å². The monoisotopic (exact) mass is 880 g/mol. The van der Waals surface area contributed by atoms with Crippen molar-refractivity contribution in [2.24, 2.45) is 9.98 Å². The predicted molar refractivity (Wildman–Crippen MR) is 235 cm³/mol. The molecular formula is C46H36CrN8O8. The quantitative estimate of drug-likeness (QED) is 0.0577. The van der Waals surface area contributed by atoms with Crippen LogP contribution in [-0.2, 0) is 17.4 Å². The maximum Gasteiger partial charge on any atom is 0.277 e. The van der Waals surface area contributed by atoms with E-state index >= 15 is 0 Å². The molecule has 314 valence electrons. The number of phenolic OH excluding ortho intramolecular Hbond substituents is 2. The minimum absolute atomic E-state index is 0. The maximum absolute atomic E-state index is 11.3. The molecule has 17 heteroatoms. The Morgan fingerprint density at radius 3 is 1.22 bits per heavy atom. The van der Waals surface area contributed by atoms with Crippen LogP contribution in [0.25, 0.3) is 33.6 Å². The number of hydrogen-bond donors (Lipinski definition) is 4. The zero-order valence-corrected chi connectivity index (χ0v) is 34.7. The third kappa shape index (κ3) is 9.66. The summed E-state index contributed by atoms with van der Waals surface area (Å²) in [6.45, 7) is 3.50. The van der Waals surface area contributed by atoms with Gasteiger partial charge in [-0.2, -0.15) is 10.2 Å². The van der Waals surface area contributed by atoms with Crippen molar-refractivity contribution < 1.29 is 47.6 Å². The van der Waals surface area contributed by atoms with E-state index in [2.05, 4.69) is 20.2 Å². The van der Waals surface area contributed by atoms with Gasteiger partial charge in [0.1, 0.15) is 22.9 Å². The van der Waals surface area contributed by atoms with Gasteiger partial charge in [0.15, 0.2) is 0 Å². The van der Waals surface area contributed by atoms with Gasteiger partial charge < -0.3 is 20.4 Å². The van der Waals surface area contributed by atoms with Gasteiger partial charge in [0.25, 0.3) is 11.4 Å². The van der Waals surface area contributed by atoms with E-state index in [4.69, 9.17) is 0 Å². The van der Waals surface area contributed by atoms with Crippen LogP contribution in [0.4, 0.5) is 22.7 Å². The van der Waals surface area contributed by atoms with Gasteiger partial charge in [-0.25, -0.2) is 9.36 Å². The smallest absolute Gasteiger partial charge is 0.277 e. The van der Waals surface area contributed by atoms with Crippen molar-refractivity contribution in [3.05, 3.63) is 188 Å². The second-order valence-electron chi connectivity index (χ2n) is 13.6. The summed E-state index contributed by atoms with van der Waals surface area (Å²) < 4.78 is 2.82. The Balaban J connectivity index is 0.000000206. The van der Waals surface area contributed by atoms with Crippen molar-refractivity contribution in [3.8, 4) is 56.9 Å². The van der Waals surface area contributed by atoms with Crippen LogP contribution in [0.3, 0.4) is 0 Å². The molecule has 2 aromatic heterocycles. The second kappa shape index (κ2) is 19.3. The summed E-state index contributed by atoms with van der Waals surface area (Å²) in [5.41, 5.74) is 5.62. The number of nitrogens with zero attached hydrogens (tertiary/aromatic N) is 8. The number of benzene rings is 6. The van der Waals surface area contributed by atoms with E-state index in [1.54, 1.807) is 74.5 Å².